The number of thioether (sulfide) groups is 1. The molecule has 21 heavy (non-hydrogen) atoms. The van der Waals surface area contributed by atoms with E-state index >= 15 is 0 Å². The van der Waals surface area contributed by atoms with Crippen LogP contribution in [0.25, 0.3) is 0 Å². The zero-order chi connectivity index (χ0) is 15.8. The quantitative estimate of drug-likeness (QED) is 0.766. The first kappa shape index (κ1) is 17.5. The summed E-state index contributed by atoms with van der Waals surface area (Å²) in [6, 6.07) is 6.81. The highest BCUT2D eigenvalue weighted by atomic mass is 32.2. The van der Waals surface area contributed by atoms with Crippen molar-refractivity contribution in [2.24, 2.45) is 5.73 Å². The van der Waals surface area contributed by atoms with Gasteiger partial charge in [0.25, 0.3) is 0 Å². The van der Waals surface area contributed by atoms with Gasteiger partial charge in [-0.25, -0.2) is 0 Å². The van der Waals surface area contributed by atoms with Gasteiger partial charge in [0.1, 0.15) is 0 Å². The van der Waals surface area contributed by atoms with Crippen LogP contribution in [0, 0.1) is 6.92 Å². The van der Waals surface area contributed by atoms with Crippen LogP contribution in [0.15, 0.2) is 24.3 Å². The molecule has 1 aromatic carbocycles. The van der Waals surface area contributed by atoms with Crippen LogP contribution >= 0.6 is 11.8 Å². The van der Waals surface area contributed by atoms with E-state index in [1.807, 2.05) is 37.4 Å². The molecule has 6 heteroatoms. The van der Waals surface area contributed by atoms with Crippen LogP contribution in [-0.2, 0) is 9.59 Å². The summed E-state index contributed by atoms with van der Waals surface area (Å²) in [5.74, 6) is -0.355. The molecule has 1 aromatic rings. The number of nitrogens with zero attached hydrogens (tertiary/aromatic N) is 1. The molecule has 5 nitrogen and oxygen atoms in total. The number of para-hydroxylation sites is 1. The summed E-state index contributed by atoms with van der Waals surface area (Å²) in [5.41, 5.74) is 7.60. The summed E-state index contributed by atoms with van der Waals surface area (Å²) in [6.07, 6.45) is 2.44. The number of carbonyl (C=O) groups excluding carboxylic acids is 1. The Morgan fingerprint density at radius 3 is 2.62 bits per heavy atom. The monoisotopic (exact) mass is 310 g/mol. The first-order valence-corrected chi connectivity index (χ1v) is 8.20. The molecule has 3 N–H and O–H groups in total. The van der Waals surface area contributed by atoms with Gasteiger partial charge < -0.3 is 15.7 Å². The van der Waals surface area contributed by atoms with Crippen LogP contribution in [0.2, 0.25) is 0 Å². The second-order valence-electron chi connectivity index (χ2n) is 4.81. The molecule has 0 saturated heterocycles. The fourth-order valence-corrected chi connectivity index (χ4v) is 2.48. The maximum atomic E-state index is 12.5. The smallest absolute Gasteiger partial charge is 0.305 e. The summed E-state index contributed by atoms with van der Waals surface area (Å²) >= 11 is 1.63. The summed E-state index contributed by atoms with van der Waals surface area (Å²) in [4.78, 5) is 24.8. The van der Waals surface area contributed by atoms with Crippen molar-refractivity contribution in [2.45, 2.75) is 25.8 Å². The minimum atomic E-state index is -0.931. The molecule has 0 fully saturated rings. The third-order valence-corrected chi connectivity index (χ3v) is 3.82. The Bertz CT molecular complexity index is 494. The molecule has 116 valence electrons. The van der Waals surface area contributed by atoms with E-state index in [1.165, 1.54) is 4.90 Å². The van der Waals surface area contributed by atoms with Crippen LogP contribution < -0.4 is 10.6 Å². The van der Waals surface area contributed by atoms with Crippen LogP contribution in [0.3, 0.4) is 0 Å². The standard InChI is InChI=1S/C15H22N2O3S/c1-11-5-3-4-6-13(11)17(9-7-14(18)19)15(20)12(16)8-10-21-2/h3-6,12H,7-10,16H2,1-2H3,(H,18,19)/t12-/m1/s1. The van der Waals surface area contributed by atoms with Gasteiger partial charge in [0, 0.05) is 12.2 Å². The molecular formula is C15H22N2O3S. The maximum Gasteiger partial charge on any atom is 0.305 e. The number of benzene rings is 1. The molecule has 0 spiro atoms. The molecule has 0 bridgehead atoms. The highest BCUT2D eigenvalue weighted by Crippen LogP contribution is 2.21. The van der Waals surface area contributed by atoms with Crippen molar-refractivity contribution in [1.29, 1.82) is 0 Å². The highest BCUT2D eigenvalue weighted by molar-refractivity contribution is 7.98. The Morgan fingerprint density at radius 2 is 2.05 bits per heavy atom. The molecule has 0 aliphatic rings. The van der Waals surface area contributed by atoms with Crippen LogP contribution in [0.4, 0.5) is 5.69 Å². The highest BCUT2D eigenvalue weighted by Gasteiger charge is 2.23. The maximum absolute atomic E-state index is 12.5. The second kappa shape index (κ2) is 8.69. The van der Waals surface area contributed by atoms with E-state index in [1.54, 1.807) is 11.8 Å². The number of amides is 1. The van der Waals surface area contributed by atoms with Crippen LogP contribution in [0.5, 0.6) is 0 Å². The van der Waals surface area contributed by atoms with Crippen molar-refractivity contribution in [2.75, 3.05) is 23.5 Å². The van der Waals surface area contributed by atoms with E-state index in [4.69, 9.17) is 10.8 Å². The number of carbonyl (C=O) groups is 2. The lowest BCUT2D eigenvalue weighted by Crippen LogP contribution is -2.45. The van der Waals surface area contributed by atoms with E-state index in [2.05, 4.69) is 0 Å². The predicted octanol–water partition coefficient (Wildman–Crippen LogP) is 1.88. The lowest BCUT2D eigenvalue weighted by molar-refractivity contribution is -0.136. The molecule has 1 rings (SSSR count). The second-order valence-corrected chi connectivity index (χ2v) is 5.79. The lowest BCUT2D eigenvalue weighted by Gasteiger charge is -2.26. The average molecular weight is 310 g/mol. The number of aliphatic carboxylic acids is 1. The number of carboxylic acid groups (broad SMARTS) is 1. The van der Waals surface area contributed by atoms with Crippen LogP contribution in [0.1, 0.15) is 18.4 Å². The van der Waals surface area contributed by atoms with Crippen LogP contribution in [-0.4, -0.2) is 41.6 Å². The number of aryl methyl sites for hydroxylation is 1. The lowest BCUT2D eigenvalue weighted by atomic mass is 10.1. The Labute approximate surface area is 129 Å². The number of anilines is 1. The molecule has 1 atom stereocenters. The van der Waals surface area contributed by atoms with Gasteiger partial charge >= 0.3 is 5.97 Å². The van der Waals surface area contributed by atoms with Gasteiger partial charge in [-0.15, -0.1) is 0 Å². The molecule has 0 radical (unpaired) electrons. The van der Waals surface area contributed by atoms with E-state index in [0.29, 0.717) is 6.42 Å². The Kier molecular flexibility index (Phi) is 7.25. The Hall–Kier alpha value is -1.53. The fourth-order valence-electron chi connectivity index (χ4n) is 1.99. The number of hydrogen-bond donors (Lipinski definition) is 2. The van der Waals surface area contributed by atoms with E-state index in [-0.39, 0.29) is 18.9 Å². The fraction of sp³-hybridized carbons (Fsp3) is 0.467. The summed E-state index contributed by atoms with van der Waals surface area (Å²) in [5, 5.41) is 8.87. The molecular weight excluding hydrogens is 288 g/mol. The SMILES string of the molecule is CSCC[C@@H](N)C(=O)N(CCC(=O)O)c1ccccc1C. The van der Waals surface area contributed by atoms with Gasteiger partial charge in [-0.1, -0.05) is 18.2 Å². The van der Waals surface area contributed by atoms with Gasteiger partial charge in [-0.2, -0.15) is 11.8 Å². The zero-order valence-electron chi connectivity index (χ0n) is 12.4. The summed E-state index contributed by atoms with van der Waals surface area (Å²) < 4.78 is 0. The first-order chi connectivity index (χ1) is 9.97. The molecule has 0 aliphatic carbocycles. The molecule has 1 amide bonds. The minimum Gasteiger partial charge on any atom is -0.481 e. The van der Waals surface area contributed by atoms with Crippen molar-refractivity contribution < 1.29 is 14.7 Å². The average Bonchev–Trinajstić information content (AvgIpc) is 2.46. The third kappa shape index (κ3) is 5.40. The molecule has 0 heterocycles. The molecule has 0 unspecified atom stereocenters. The number of hydrogen-bond acceptors (Lipinski definition) is 4. The van der Waals surface area contributed by atoms with E-state index < -0.39 is 12.0 Å². The third-order valence-electron chi connectivity index (χ3n) is 3.17. The molecule has 0 saturated carbocycles. The van der Waals surface area contributed by atoms with Gasteiger partial charge in [0.05, 0.1) is 12.5 Å². The van der Waals surface area contributed by atoms with Gasteiger partial charge in [-0.05, 0) is 37.0 Å². The Morgan fingerprint density at radius 1 is 1.38 bits per heavy atom. The summed E-state index contributed by atoms with van der Waals surface area (Å²) in [6.45, 7) is 2.02. The number of carboxylic acids is 1. The summed E-state index contributed by atoms with van der Waals surface area (Å²) in [7, 11) is 0. The van der Waals surface area contributed by atoms with Crippen molar-refractivity contribution >= 4 is 29.3 Å². The van der Waals surface area contributed by atoms with Crippen molar-refractivity contribution in [3.8, 4) is 0 Å². The topological polar surface area (TPSA) is 83.6 Å². The minimum absolute atomic E-state index is 0.102. The van der Waals surface area contributed by atoms with Gasteiger partial charge in [-0.3, -0.25) is 9.59 Å². The molecule has 0 aromatic heterocycles. The van der Waals surface area contributed by atoms with Crippen molar-refractivity contribution in [3.05, 3.63) is 29.8 Å². The number of nitrogens with two attached hydrogens (primary N) is 1. The Balaban J connectivity index is 2.94. The predicted molar refractivity (Wildman–Crippen MR) is 86.8 cm³/mol. The van der Waals surface area contributed by atoms with Crippen molar-refractivity contribution in [3.63, 3.8) is 0 Å². The van der Waals surface area contributed by atoms with Gasteiger partial charge in [0.15, 0.2) is 0 Å². The molecule has 0 aliphatic heterocycles. The van der Waals surface area contributed by atoms with Crippen molar-refractivity contribution in [1.82, 2.24) is 0 Å². The van der Waals surface area contributed by atoms with E-state index in [9.17, 15) is 9.59 Å². The zero-order valence-corrected chi connectivity index (χ0v) is 13.2. The first-order valence-electron chi connectivity index (χ1n) is 6.80. The largest absolute Gasteiger partial charge is 0.481 e. The van der Waals surface area contributed by atoms with Gasteiger partial charge in [0.2, 0.25) is 5.91 Å². The van der Waals surface area contributed by atoms with E-state index in [0.717, 1.165) is 17.0 Å². The number of rotatable bonds is 8. The normalized spacial score (nSPS) is 12.0.